The van der Waals surface area contributed by atoms with E-state index < -0.39 is 5.97 Å². The smallest absolute Gasteiger partial charge is 0.358 e. The monoisotopic (exact) mass is 261 g/mol. The highest BCUT2D eigenvalue weighted by molar-refractivity contribution is 5.86. The van der Waals surface area contributed by atoms with Crippen LogP contribution in [0.3, 0.4) is 0 Å². The molecule has 2 aromatic rings. The van der Waals surface area contributed by atoms with Crippen LogP contribution in [0.15, 0.2) is 24.3 Å². The number of carboxylic acids is 1. The van der Waals surface area contributed by atoms with Gasteiger partial charge in [-0.3, -0.25) is 0 Å². The summed E-state index contributed by atoms with van der Waals surface area (Å²) in [6.07, 6.45) is 0.479. The van der Waals surface area contributed by atoms with Crippen molar-refractivity contribution in [1.82, 2.24) is 15.0 Å². The number of rotatable bonds is 5. The van der Waals surface area contributed by atoms with Gasteiger partial charge in [-0.15, -0.1) is 5.10 Å². The highest BCUT2D eigenvalue weighted by Gasteiger charge is 2.18. The van der Waals surface area contributed by atoms with E-state index in [-0.39, 0.29) is 5.69 Å². The number of hydrogen-bond donors (Lipinski definition) is 1. The van der Waals surface area contributed by atoms with E-state index in [0.717, 1.165) is 11.3 Å². The molecule has 0 amide bonds. The molecule has 0 spiro atoms. The molecular weight excluding hydrogens is 246 g/mol. The molecule has 0 unspecified atom stereocenters. The van der Waals surface area contributed by atoms with Gasteiger partial charge in [0.15, 0.2) is 5.69 Å². The van der Waals surface area contributed by atoms with Gasteiger partial charge in [0.25, 0.3) is 0 Å². The minimum atomic E-state index is -1.05. The Morgan fingerprint density at radius 2 is 2.05 bits per heavy atom. The van der Waals surface area contributed by atoms with Gasteiger partial charge in [-0.25, -0.2) is 9.48 Å². The lowest BCUT2D eigenvalue weighted by Crippen LogP contribution is -2.08. The molecule has 1 aromatic heterocycles. The van der Waals surface area contributed by atoms with Crippen LogP contribution in [-0.4, -0.2) is 33.2 Å². The van der Waals surface area contributed by atoms with Gasteiger partial charge in [0.1, 0.15) is 5.75 Å². The number of aryl methyl sites for hydroxylation is 1. The number of aromatic nitrogens is 3. The summed E-state index contributed by atoms with van der Waals surface area (Å²) in [4.78, 5) is 11.1. The molecule has 0 saturated carbocycles. The number of methoxy groups -OCH3 is 1. The number of nitrogens with zero attached hydrogens (tertiary/aromatic N) is 3. The standard InChI is InChI=1S/C13H15N3O3/c1-3-16-11(12(13(17)18)14-15-16)8-9-4-6-10(19-2)7-5-9/h4-7H,3,8H2,1-2H3,(H,17,18). The Labute approximate surface area is 110 Å². The van der Waals surface area contributed by atoms with Gasteiger partial charge in [-0.05, 0) is 24.6 Å². The summed E-state index contributed by atoms with van der Waals surface area (Å²) in [5.41, 5.74) is 1.61. The van der Waals surface area contributed by atoms with Crippen molar-refractivity contribution in [3.63, 3.8) is 0 Å². The predicted molar refractivity (Wildman–Crippen MR) is 68.5 cm³/mol. The van der Waals surface area contributed by atoms with E-state index in [1.165, 1.54) is 0 Å². The molecule has 1 heterocycles. The van der Waals surface area contributed by atoms with Crippen LogP contribution in [-0.2, 0) is 13.0 Å². The van der Waals surface area contributed by atoms with Crippen molar-refractivity contribution in [2.75, 3.05) is 7.11 Å². The van der Waals surface area contributed by atoms with E-state index in [4.69, 9.17) is 9.84 Å². The maximum atomic E-state index is 11.1. The van der Waals surface area contributed by atoms with E-state index in [0.29, 0.717) is 18.7 Å². The molecular formula is C13H15N3O3. The molecule has 0 bridgehead atoms. The van der Waals surface area contributed by atoms with Gasteiger partial charge in [-0.2, -0.15) is 0 Å². The van der Waals surface area contributed by atoms with Crippen LogP contribution in [0, 0.1) is 0 Å². The zero-order valence-electron chi connectivity index (χ0n) is 10.8. The average molecular weight is 261 g/mol. The Balaban J connectivity index is 2.30. The fourth-order valence-electron chi connectivity index (χ4n) is 1.86. The van der Waals surface area contributed by atoms with Gasteiger partial charge in [0.2, 0.25) is 0 Å². The van der Waals surface area contributed by atoms with Crippen LogP contribution >= 0.6 is 0 Å². The van der Waals surface area contributed by atoms with Crippen LogP contribution in [0.4, 0.5) is 0 Å². The lowest BCUT2D eigenvalue weighted by atomic mass is 10.1. The van der Waals surface area contributed by atoms with Crippen molar-refractivity contribution in [2.45, 2.75) is 19.9 Å². The molecule has 0 radical (unpaired) electrons. The summed E-state index contributed by atoms with van der Waals surface area (Å²) in [5, 5.41) is 16.7. The van der Waals surface area contributed by atoms with Crippen LogP contribution in [0.2, 0.25) is 0 Å². The quantitative estimate of drug-likeness (QED) is 0.884. The third kappa shape index (κ3) is 2.73. The second-order valence-electron chi connectivity index (χ2n) is 4.03. The van der Waals surface area contributed by atoms with Crippen LogP contribution in [0.25, 0.3) is 0 Å². The molecule has 6 nitrogen and oxygen atoms in total. The third-order valence-corrected chi connectivity index (χ3v) is 2.87. The van der Waals surface area contributed by atoms with Gasteiger partial charge < -0.3 is 9.84 Å². The number of carboxylic acid groups (broad SMARTS) is 1. The molecule has 19 heavy (non-hydrogen) atoms. The molecule has 2 rings (SSSR count). The molecule has 0 saturated heterocycles. The number of hydrogen-bond acceptors (Lipinski definition) is 4. The number of aromatic carboxylic acids is 1. The van der Waals surface area contributed by atoms with Crippen molar-refractivity contribution in [3.05, 3.63) is 41.2 Å². The zero-order valence-corrected chi connectivity index (χ0v) is 10.8. The maximum Gasteiger partial charge on any atom is 0.358 e. The van der Waals surface area contributed by atoms with Crippen molar-refractivity contribution in [3.8, 4) is 5.75 Å². The molecule has 1 aromatic carbocycles. The first-order valence-electron chi connectivity index (χ1n) is 5.94. The Morgan fingerprint density at radius 1 is 1.37 bits per heavy atom. The SMILES string of the molecule is CCn1nnc(C(=O)O)c1Cc1ccc(OC)cc1. The van der Waals surface area contributed by atoms with Gasteiger partial charge in [0, 0.05) is 13.0 Å². The summed E-state index contributed by atoms with van der Waals surface area (Å²) in [6, 6.07) is 7.49. The second kappa shape index (κ2) is 5.51. The summed E-state index contributed by atoms with van der Waals surface area (Å²) in [7, 11) is 1.60. The minimum Gasteiger partial charge on any atom is -0.497 e. The summed E-state index contributed by atoms with van der Waals surface area (Å²) in [6.45, 7) is 2.49. The van der Waals surface area contributed by atoms with Gasteiger partial charge in [0.05, 0.1) is 12.8 Å². The van der Waals surface area contributed by atoms with E-state index in [2.05, 4.69) is 10.3 Å². The van der Waals surface area contributed by atoms with E-state index in [1.54, 1.807) is 11.8 Å². The van der Waals surface area contributed by atoms with E-state index in [9.17, 15) is 4.79 Å². The Hall–Kier alpha value is -2.37. The van der Waals surface area contributed by atoms with Crippen LogP contribution < -0.4 is 4.74 Å². The van der Waals surface area contributed by atoms with Gasteiger partial charge in [-0.1, -0.05) is 17.3 Å². The van der Waals surface area contributed by atoms with Crippen LogP contribution in [0.1, 0.15) is 28.7 Å². The Kier molecular flexibility index (Phi) is 3.79. The molecule has 0 aliphatic carbocycles. The lowest BCUT2D eigenvalue weighted by Gasteiger charge is -2.06. The Bertz CT molecular complexity index is 575. The first-order chi connectivity index (χ1) is 9.15. The first-order valence-corrected chi connectivity index (χ1v) is 5.94. The van der Waals surface area contributed by atoms with Crippen molar-refractivity contribution in [2.24, 2.45) is 0 Å². The minimum absolute atomic E-state index is 0.0117. The maximum absolute atomic E-state index is 11.1. The number of ether oxygens (including phenoxy) is 1. The largest absolute Gasteiger partial charge is 0.497 e. The van der Waals surface area contributed by atoms with Crippen LogP contribution in [0.5, 0.6) is 5.75 Å². The lowest BCUT2D eigenvalue weighted by molar-refractivity contribution is 0.0689. The first kappa shape index (κ1) is 13.1. The highest BCUT2D eigenvalue weighted by Crippen LogP contribution is 2.16. The highest BCUT2D eigenvalue weighted by atomic mass is 16.5. The Morgan fingerprint density at radius 3 is 2.58 bits per heavy atom. The molecule has 0 atom stereocenters. The molecule has 6 heteroatoms. The topological polar surface area (TPSA) is 77.2 Å². The number of carbonyl (C=O) groups is 1. The van der Waals surface area contributed by atoms with Crippen molar-refractivity contribution < 1.29 is 14.6 Å². The van der Waals surface area contributed by atoms with E-state index >= 15 is 0 Å². The summed E-state index contributed by atoms with van der Waals surface area (Å²) < 4.78 is 6.69. The third-order valence-electron chi connectivity index (χ3n) is 2.87. The van der Waals surface area contributed by atoms with Crippen molar-refractivity contribution in [1.29, 1.82) is 0 Å². The molecule has 1 N–H and O–H groups in total. The summed E-state index contributed by atoms with van der Waals surface area (Å²) >= 11 is 0. The molecule has 0 aliphatic rings. The zero-order chi connectivity index (χ0) is 13.8. The number of benzene rings is 1. The van der Waals surface area contributed by atoms with Gasteiger partial charge >= 0.3 is 5.97 Å². The normalized spacial score (nSPS) is 10.4. The van der Waals surface area contributed by atoms with Crippen molar-refractivity contribution >= 4 is 5.97 Å². The molecule has 0 fully saturated rings. The fourth-order valence-corrected chi connectivity index (χ4v) is 1.86. The summed E-state index contributed by atoms with van der Waals surface area (Å²) in [5.74, 6) is -0.285. The predicted octanol–water partition coefficient (Wildman–Crippen LogP) is 1.60. The fraction of sp³-hybridized carbons (Fsp3) is 0.308. The second-order valence-corrected chi connectivity index (χ2v) is 4.03. The van der Waals surface area contributed by atoms with E-state index in [1.807, 2.05) is 31.2 Å². The average Bonchev–Trinajstić information content (AvgIpc) is 2.82. The molecule has 0 aliphatic heterocycles. The molecule has 100 valence electrons.